The maximum atomic E-state index is 13.6. The molecule has 1 aromatic carbocycles. The van der Waals surface area contributed by atoms with Gasteiger partial charge >= 0.3 is 12.2 Å². The van der Waals surface area contributed by atoms with Crippen molar-refractivity contribution in [3.63, 3.8) is 0 Å². The summed E-state index contributed by atoms with van der Waals surface area (Å²) in [4.78, 5) is 29.6. The van der Waals surface area contributed by atoms with E-state index in [0.29, 0.717) is 69.7 Å². The minimum Gasteiger partial charge on any atom is -0.477 e. The first kappa shape index (κ1) is 33.3. The lowest BCUT2D eigenvalue weighted by Gasteiger charge is -2.44. The Balaban J connectivity index is 1.36. The van der Waals surface area contributed by atoms with E-state index < -0.39 is 18.2 Å². The molecule has 0 radical (unpaired) electrons. The molecule has 0 N–H and O–H groups in total. The van der Waals surface area contributed by atoms with Gasteiger partial charge in [-0.15, -0.1) is 0 Å². The van der Waals surface area contributed by atoms with Gasteiger partial charge in [-0.05, 0) is 63.1 Å². The Morgan fingerprint density at radius 1 is 1.00 bits per heavy atom. The second-order valence-corrected chi connectivity index (χ2v) is 11.8. The van der Waals surface area contributed by atoms with E-state index in [1.807, 2.05) is 63.4 Å². The van der Waals surface area contributed by atoms with Crippen molar-refractivity contribution < 1.29 is 27.4 Å². The van der Waals surface area contributed by atoms with Gasteiger partial charge in [-0.1, -0.05) is 37.3 Å². The number of aromatic nitrogens is 2. The summed E-state index contributed by atoms with van der Waals surface area (Å²) >= 11 is 0. The highest BCUT2D eigenvalue weighted by Gasteiger charge is 2.49. The third kappa shape index (κ3) is 7.83. The smallest absolute Gasteiger partial charge is 0.408 e. The molecule has 3 aromatic rings. The fourth-order valence-corrected chi connectivity index (χ4v) is 6.23. The van der Waals surface area contributed by atoms with E-state index >= 15 is 0 Å². The van der Waals surface area contributed by atoms with E-state index in [1.165, 1.54) is 5.56 Å². The third-order valence-electron chi connectivity index (χ3n) is 8.59. The zero-order chi connectivity index (χ0) is 32.7. The number of likely N-dealkylation sites (tertiary alicyclic amines) is 1. The monoisotopic (exact) mass is 640 g/mol. The summed E-state index contributed by atoms with van der Waals surface area (Å²) in [6.07, 6.45) is -1.76. The van der Waals surface area contributed by atoms with Crippen LogP contribution in [-0.2, 0) is 6.54 Å². The molecule has 248 valence electrons. The first-order chi connectivity index (χ1) is 22.2. The third-order valence-corrected chi connectivity index (χ3v) is 8.59. The molecule has 12 heteroatoms. The number of nitrogens with zero attached hydrogens (tertiary/aromatic N) is 6. The van der Waals surface area contributed by atoms with Gasteiger partial charge in [0.15, 0.2) is 0 Å². The fraction of sp³-hybridized carbons (Fsp3) is 0.500. The van der Waals surface area contributed by atoms with Crippen LogP contribution in [0.1, 0.15) is 38.7 Å². The Hall–Kier alpha value is -4.06. The lowest BCUT2D eigenvalue weighted by Crippen LogP contribution is -2.59. The van der Waals surface area contributed by atoms with Crippen LogP contribution in [-0.4, -0.2) is 102 Å². The van der Waals surface area contributed by atoms with Gasteiger partial charge in [0.1, 0.15) is 18.3 Å². The number of piperazine rings is 1. The van der Waals surface area contributed by atoms with E-state index in [1.54, 1.807) is 11.1 Å². The average molecular weight is 641 g/mol. The van der Waals surface area contributed by atoms with E-state index in [-0.39, 0.29) is 19.0 Å². The molecular formula is C34H43F3N6O3. The molecule has 0 bridgehead atoms. The van der Waals surface area contributed by atoms with Crippen LogP contribution in [0.3, 0.4) is 0 Å². The van der Waals surface area contributed by atoms with E-state index in [2.05, 4.69) is 26.9 Å². The van der Waals surface area contributed by atoms with Crippen molar-refractivity contribution in [2.24, 2.45) is 0 Å². The second kappa shape index (κ2) is 15.0. The zero-order valence-corrected chi connectivity index (χ0v) is 26.7. The fourth-order valence-electron chi connectivity index (χ4n) is 6.23. The summed E-state index contributed by atoms with van der Waals surface area (Å²) in [5.74, 6) is 0.934. The number of likely N-dealkylation sites (N-methyl/N-ethyl adjacent to an activating group) is 1. The molecule has 0 aliphatic carbocycles. The molecule has 5 rings (SSSR count). The predicted octanol–water partition coefficient (Wildman–Crippen LogP) is 6.10. The number of hydrogen-bond acceptors (Lipinski definition) is 7. The van der Waals surface area contributed by atoms with Crippen molar-refractivity contribution in [2.75, 3.05) is 57.9 Å². The summed E-state index contributed by atoms with van der Waals surface area (Å²) < 4.78 is 53.1. The lowest BCUT2D eigenvalue weighted by atomic mass is 10.1. The number of alkyl halides is 3. The molecule has 4 heterocycles. The Morgan fingerprint density at radius 2 is 1.80 bits per heavy atom. The molecule has 0 unspecified atom stereocenters. The molecule has 2 atom stereocenters. The van der Waals surface area contributed by atoms with E-state index in [9.17, 15) is 18.0 Å². The number of carbonyl (C=O) groups is 1. The topological polar surface area (TPSA) is 74.3 Å². The van der Waals surface area contributed by atoms with Gasteiger partial charge in [-0.25, -0.2) is 14.8 Å². The summed E-state index contributed by atoms with van der Waals surface area (Å²) in [7, 11) is 2.04. The van der Waals surface area contributed by atoms with Crippen molar-refractivity contribution in [3.05, 3.63) is 66.4 Å². The Kier molecular flexibility index (Phi) is 10.9. The molecule has 46 heavy (non-hydrogen) atoms. The van der Waals surface area contributed by atoms with Crippen LogP contribution in [0.5, 0.6) is 11.8 Å². The Morgan fingerprint density at radius 3 is 2.54 bits per heavy atom. The van der Waals surface area contributed by atoms with Crippen molar-refractivity contribution in [1.82, 2.24) is 24.7 Å². The molecule has 9 nitrogen and oxygen atoms in total. The Bertz CT molecular complexity index is 1440. The standard InChI is InChI=1S/C34H43F3N6O3/c1-4-26-24-41(33(44)43-18-10-14-30(43)34(35,36)37)19-20-42(26)29-16-15-28(27-13-9-17-38-31(27)45-5-2)39-32(29)46-22-21-40(3)23-25-11-7-6-8-12-25/h6-9,11-13,15-17,26,30H,4-5,10,14,18-24H2,1-3H3/t26-,30+/m1/s1. The van der Waals surface area contributed by atoms with Gasteiger partial charge in [0.05, 0.1) is 17.9 Å². The first-order valence-corrected chi connectivity index (χ1v) is 16.0. The molecule has 0 spiro atoms. The molecule has 0 saturated carbocycles. The van der Waals surface area contributed by atoms with Crippen molar-refractivity contribution in [1.29, 1.82) is 0 Å². The number of ether oxygens (including phenoxy) is 2. The van der Waals surface area contributed by atoms with Crippen LogP contribution in [0.15, 0.2) is 60.8 Å². The van der Waals surface area contributed by atoms with Crippen LogP contribution in [0, 0.1) is 0 Å². The maximum Gasteiger partial charge on any atom is 0.408 e. The van der Waals surface area contributed by atoms with Crippen molar-refractivity contribution in [3.8, 4) is 23.0 Å². The van der Waals surface area contributed by atoms with Gasteiger partial charge in [0, 0.05) is 51.5 Å². The average Bonchev–Trinajstić information content (AvgIpc) is 3.56. The predicted molar refractivity (Wildman–Crippen MR) is 171 cm³/mol. The van der Waals surface area contributed by atoms with Gasteiger partial charge in [-0.2, -0.15) is 13.2 Å². The highest BCUT2D eigenvalue weighted by molar-refractivity contribution is 5.76. The number of anilines is 1. The summed E-state index contributed by atoms with van der Waals surface area (Å²) in [5, 5.41) is 0. The molecule has 2 aliphatic rings. The maximum absolute atomic E-state index is 13.6. The normalized spacial score (nSPS) is 18.7. The van der Waals surface area contributed by atoms with Gasteiger partial charge < -0.3 is 24.2 Å². The SMILES string of the molecule is CCOc1ncccc1-c1ccc(N2CCN(C(=O)N3CCC[C@H]3C(F)(F)F)C[C@H]2CC)c(OCCN(C)Cc2ccccc2)n1. The van der Waals surface area contributed by atoms with Crippen LogP contribution in [0.4, 0.5) is 23.7 Å². The summed E-state index contributed by atoms with van der Waals surface area (Å²) in [5.41, 5.74) is 3.39. The van der Waals surface area contributed by atoms with E-state index in [4.69, 9.17) is 14.5 Å². The number of rotatable bonds is 11. The van der Waals surface area contributed by atoms with Crippen molar-refractivity contribution in [2.45, 2.75) is 57.9 Å². The number of carbonyl (C=O) groups excluding carboxylic acids is 1. The molecule has 2 fully saturated rings. The highest BCUT2D eigenvalue weighted by Crippen LogP contribution is 2.37. The second-order valence-electron chi connectivity index (χ2n) is 11.8. The van der Waals surface area contributed by atoms with Gasteiger partial charge in [0.25, 0.3) is 0 Å². The Labute approximate surface area is 268 Å². The number of hydrogen-bond donors (Lipinski definition) is 0. The zero-order valence-electron chi connectivity index (χ0n) is 26.7. The van der Waals surface area contributed by atoms with Crippen LogP contribution >= 0.6 is 0 Å². The van der Waals surface area contributed by atoms with Crippen LogP contribution < -0.4 is 14.4 Å². The number of pyridine rings is 2. The van der Waals surface area contributed by atoms with Crippen LogP contribution in [0.2, 0.25) is 0 Å². The molecule has 2 aliphatic heterocycles. The largest absolute Gasteiger partial charge is 0.477 e. The molecular weight excluding hydrogens is 597 g/mol. The van der Waals surface area contributed by atoms with Crippen molar-refractivity contribution >= 4 is 11.7 Å². The quantitative estimate of drug-likeness (QED) is 0.251. The number of urea groups is 1. The number of benzene rings is 1. The molecule has 2 aromatic heterocycles. The summed E-state index contributed by atoms with van der Waals surface area (Å²) in [6, 6.07) is 15.5. The summed E-state index contributed by atoms with van der Waals surface area (Å²) in [6.45, 7) is 7.39. The molecule has 2 saturated heterocycles. The molecule has 2 amide bonds. The number of amides is 2. The van der Waals surface area contributed by atoms with Crippen LogP contribution in [0.25, 0.3) is 11.3 Å². The first-order valence-electron chi connectivity index (χ1n) is 16.0. The van der Waals surface area contributed by atoms with Gasteiger partial charge in [0.2, 0.25) is 11.8 Å². The minimum atomic E-state index is -4.43. The number of halogens is 3. The highest BCUT2D eigenvalue weighted by atomic mass is 19.4. The minimum absolute atomic E-state index is 0.0480. The van der Waals surface area contributed by atoms with Gasteiger partial charge in [-0.3, -0.25) is 4.90 Å². The lowest BCUT2D eigenvalue weighted by molar-refractivity contribution is -0.170. The van der Waals surface area contributed by atoms with E-state index in [0.717, 1.165) is 22.7 Å².